The molecule has 2 fully saturated rings. The molecule has 2 rings (SSSR count). The van der Waals surface area contributed by atoms with Crippen LogP contribution in [0.25, 0.3) is 0 Å². The molecule has 0 aliphatic carbocycles. The molecule has 9 heteroatoms. The highest BCUT2D eigenvalue weighted by Gasteiger charge is 2.58. The Kier molecular flexibility index (Phi) is 7.26. The molecule has 28 heavy (non-hydrogen) atoms. The molecule has 3 atom stereocenters. The van der Waals surface area contributed by atoms with Crippen LogP contribution < -0.4 is 0 Å². The highest BCUT2D eigenvalue weighted by atomic mass is 32.2. The molecule has 2 aliphatic heterocycles. The molecule has 0 N–H and O–H groups in total. The van der Waals surface area contributed by atoms with Gasteiger partial charge in [0.05, 0.1) is 12.1 Å². The van der Waals surface area contributed by atoms with E-state index in [1.54, 1.807) is 0 Å². The minimum Gasteiger partial charge on any atom is -0.520 e. The van der Waals surface area contributed by atoms with Crippen LogP contribution >= 0.6 is 11.8 Å². The lowest BCUT2D eigenvalue weighted by atomic mass is 10.0. The predicted molar refractivity (Wildman–Crippen MR) is 127 cm³/mol. The van der Waals surface area contributed by atoms with Crippen molar-refractivity contribution in [2.45, 2.75) is 102 Å². The van der Waals surface area contributed by atoms with E-state index in [1.807, 2.05) is 31.4 Å². The molecule has 2 heterocycles. The fraction of sp³-hybridized carbons (Fsp3) is 0.895. The van der Waals surface area contributed by atoms with E-state index in [0.29, 0.717) is 29.8 Å². The van der Waals surface area contributed by atoms with Crippen LogP contribution in [0.3, 0.4) is 0 Å². The number of thioether (sulfide) groups is 1. The summed E-state index contributed by atoms with van der Waals surface area (Å²) in [6, 6.07) is 1.03. The molecule has 0 radical (unpaired) electrons. The number of carbonyl (C=O) groups excluding carboxylic acids is 2. The Morgan fingerprint density at radius 1 is 1.00 bits per heavy atom. The van der Waals surface area contributed by atoms with Gasteiger partial charge in [0.1, 0.15) is 0 Å². The first-order valence-electron chi connectivity index (χ1n) is 10.6. The predicted octanol–water partition coefficient (Wildman–Crippen LogP) is 5.18. The van der Waals surface area contributed by atoms with Gasteiger partial charge in [0.25, 0.3) is 5.97 Å². The summed E-state index contributed by atoms with van der Waals surface area (Å²) < 4.78 is 10.1. The van der Waals surface area contributed by atoms with Crippen LogP contribution in [0.4, 0.5) is 4.79 Å². The number of hydrogen-bond donors (Lipinski definition) is 0. The third kappa shape index (κ3) is 5.66. The van der Waals surface area contributed by atoms with Crippen LogP contribution in [0, 0.1) is 0 Å². The number of hydrogen-bond acceptors (Lipinski definition) is 4. The van der Waals surface area contributed by atoms with E-state index in [1.165, 1.54) is 0 Å². The summed E-state index contributed by atoms with van der Waals surface area (Å²) in [7, 11) is -5.23. The van der Waals surface area contributed by atoms with Crippen LogP contribution in [0.5, 0.6) is 0 Å². The van der Waals surface area contributed by atoms with Crippen molar-refractivity contribution in [3.63, 3.8) is 0 Å². The highest BCUT2D eigenvalue weighted by Crippen LogP contribution is 2.45. The van der Waals surface area contributed by atoms with Crippen molar-refractivity contribution in [2.75, 3.05) is 5.75 Å². The Balaban J connectivity index is 2.00. The number of unbranched alkanes of at least 4 members (excludes halogenated alkanes) is 1. The molecule has 0 aromatic rings. The zero-order valence-electron chi connectivity index (χ0n) is 19.3. The van der Waals surface area contributed by atoms with Gasteiger partial charge in [-0.2, -0.15) is 11.8 Å². The second kappa shape index (κ2) is 8.47. The smallest absolute Gasteiger partial charge is 0.304 e. The zero-order chi connectivity index (χ0) is 21.5. The van der Waals surface area contributed by atoms with E-state index in [4.69, 9.17) is 4.43 Å². The maximum atomic E-state index is 13.4. The van der Waals surface area contributed by atoms with Gasteiger partial charge < -0.3 is 13.6 Å². The van der Waals surface area contributed by atoms with Crippen molar-refractivity contribution in [2.24, 2.45) is 0 Å². The topological polar surface area (TPSA) is 49.9 Å². The Hall–Kier alpha value is -0.259. The fourth-order valence-electron chi connectivity index (χ4n) is 4.40. The van der Waals surface area contributed by atoms with Crippen LogP contribution in [0.1, 0.15) is 25.7 Å². The average molecular weight is 461 g/mol. The first kappa shape index (κ1) is 24.0. The van der Waals surface area contributed by atoms with E-state index in [-0.39, 0.29) is 5.97 Å². The van der Waals surface area contributed by atoms with Crippen LogP contribution in [0.2, 0.25) is 58.9 Å². The third-order valence-electron chi connectivity index (χ3n) is 5.28. The van der Waals surface area contributed by atoms with Gasteiger partial charge in [-0.3, -0.25) is 9.59 Å². The summed E-state index contributed by atoms with van der Waals surface area (Å²) in [5.41, 5.74) is 0. The lowest BCUT2D eigenvalue weighted by Crippen LogP contribution is -2.56. The van der Waals surface area contributed by atoms with Gasteiger partial charge in [-0.1, -0.05) is 45.7 Å². The van der Waals surface area contributed by atoms with Crippen molar-refractivity contribution < 1.29 is 14.0 Å². The number of rotatable bonds is 8. The first-order chi connectivity index (χ1) is 12.6. The Labute approximate surface area is 179 Å². The fourth-order valence-corrected chi connectivity index (χ4v) is 11.0. The van der Waals surface area contributed by atoms with E-state index in [0.717, 1.165) is 25.0 Å². The number of amides is 2. The quantitative estimate of drug-likeness (QED) is 0.284. The van der Waals surface area contributed by atoms with Crippen molar-refractivity contribution in [1.82, 2.24) is 9.13 Å². The van der Waals surface area contributed by atoms with E-state index in [9.17, 15) is 9.59 Å². The molecule has 0 aromatic heterocycles. The van der Waals surface area contributed by atoms with Gasteiger partial charge >= 0.3 is 6.03 Å². The summed E-state index contributed by atoms with van der Waals surface area (Å²) >= 11 is 2.04. The third-order valence-corrected chi connectivity index (χ3v) is 11.5. The molecule has 3 unspecified atom stereocenters. The summed E-state index contributed by atoms with van der Waals surface area (Å²) in [6.07, 6.45) is 3.52. The monoisotopic (exact) mass is 460 g/mol. The molecular formula is C19H40N2O3SSi3. The van der Waals surface area contributed by atoms with Crippen LogP contribution in [0.15, 0.2) is 0 Å². The zero-order valence-corrected chi connectivity index (χ0v) is 23.1. The number of nitrogens with zero attached hydrogens (tertiary/aromatic N) is 2. The van der Waals surface area contributed by atoms with Crippen LogP contribution in [-0.2, 0) is 9.22 Å². The molecule has 0 saturated carbocycles. The average Bonchev–Trinajstić information content (AvgIpc) is 2.96. The van der Waals surface area contributed by atoms with E-state index in [2.05, 4.69) is 48.4 Å². The van der Waals surface area contributed by atoms with Gasteiger partial charge in [0.2, 0.25) is 8.32 Å². The number of carbonyl (C=O) groups is 2. The minimum atomic E-state index is -1.78. The Morgan fingerprint density at radius 2 is 1.57 bits per heavy atom. The van der Waals surface area contributed by atoms with Gasteiger partial charge in [0.15, 0.2) is 16.5 Å². The molecule has 162 valence electrons. The molecule has 0 aromatic carbocycles. The van der Waals surface area contributed by atoms with Crippen molar-refractivity contribution in [3.8, 4) is 0 Å². The molecule has 0 bridgehead atoms. The standard InChI is InChI=1S/C19H40N2O3SSi3/c1-26(2,3)20-15-14-25-16(18(15)21(19(20)23)27(4,5)6)12-10-11-13-17(22)24-28(7,8)9/h15-16,18H,10-14H2,1-9H3. The summed E-state index contributed by atoms with van der Waals surface area (Å²) in [5.74, 6) is 1.02. The second-order valence-corrected chi connectivity index (χ2v) is 26.5. The molecular weight excluding hydrogens is 421 g/mol. The summed E-state index contributed by atoms with van der Waals surface area (Å²) in [5, 5.41) is 0.495. The van der Waals surface area contributed by atoms with Gasteiger partial charge in [0, 0.05) is 17.4 Å². The first-order valence-corrected chi connectivity index (χ1v) is 21.9. The molecule has 5 nitrogen and oxygen atoms in total. The number of urea groups is 1. The molecule has 2 saturated heterocycles. The van der Waals surface area contributed by atoms with Gasteiger partial charge in [-0.15, -0.1) is 0 Å². The molecule has 2 aliphatic rings. The van der Waals surface area contributed by atoms with Crippen molar-refractivity contribution >= 4 is 48.6 Å². The summed E-state index contributed by atoms with van der Waals surface area (Å²) in [6.45, 7) is 19.9. The van der Waals surface area contributed by atoms with Crippen LogP contribution in [-0.4, -0.2) is 69.0 Å². The molecule has 2 amide bonds. The Bertz CT molecular complexity index is 599. The van der Waals surface area contributed by atoms with E-state index < -0.39 is 24.8 Å². The largest absolute Gasteiger partial charge is 0.520 e. The lowest BCUT2D eigenvalue weighted by molar-refractivity contribution is -0.135. The lowest BCUT2D eigenvalue weighted by Gasteiger charge is -2.37. The van der Waals surface area contributed by atoms with Crippen molar-refractivity contribution in [3.05, 3.63) is 0 Å². The van der Waals surface area contributed by atoms with E-state index >= 15 is 0 Å². The minimum absolute atomic E-state index is 0.0409. The van der Waals surface area contributed by atoms with Gasteiger partial charge in [-0.05, 0) is 32.5 Å². The van der Waals surface area contributed by atoms with Gasteiger partial charge in [-0.25, -0.2) is 0 Å². The highest BCUT2D eigenvalue weighted by molar-refractivity contribution is 8.00. The maximum absolute atomic E-state index is 13.4. The Morgan fingerprint density at radius 3 is 2.07 bits per heavy atom. The summed E-state index contributed by atoms with van der Waals surface area (Å²) in [4.78, 5) is 25.3. The molecule has 0 spiro atoms. The maximum Gasteiger partial charge on any atom is 0.304 e. The number of fused-ring (bicyclic) bond motifs is 1. The second-order valence-electron chi connectivity index (χ2n) is 11.1. The van der Waals surface area contributed by atoms with Crippen molar-refractivity contribution in [1.29, 1.82) is 0 Å². The normalized spacial score (nSPS) is 26.0. The SMILES string of the molecule is C[Si](C)(C)OC(=O)CCCCC1SCC2C1N([Si](C)(C)C)C(=O)N2[Si](C)(C)C.